The lowest BCUT2D eigenvalue weighted by Gasteiger charge is -2.30. The van der Waals surface area contributed by atoms with E-state index in [4.69, 9.17) is 24.4 Å². The minimum atomic E-state index is 0.682. The third kappa shape index (κ3) is 4.08. The molecule has 9 nitrogen and oxygen atoms in total. The van der Waals surface area contributed by atoms with E-state index in [1.165, 1.54) is 0 Å². The highest BCUT2D eigenvalue weighted by atomic mass is 16.5. The van der Waals surface area contributed by atoms with Crippen LogP contribution < -0.4 is 9.80 Å². The third-order valence-electron chi connectivity index (χ3n) is 6.32. The van der Waals surface area contributed by atoms with E-state index in [2.05, 4.69) is 39.2 Å². The van der Waals surface area contributed by atoms with Crippen LogP contribution in [-0.2, 0) is 16.5 Å². The summed E-state index contributed by atoms with van der Waals surface area (Å²) < 4.78 is 12.9. The molecule has 0 N–H and O–H groups in total. The molecule has 0 saturated carbocycles. The maximum Gasteiger partial charge on any atom is 0.162 e. The number of benzene rings is 1. The first-order chi connectivity index (χ1) is 16.7. The number of aryl methyl sites for hydroxylation is 1. The second kappa shape index (κ2) is 9.00. The van der Waals surface area contributed by atoms with Gasteiger partial charge in [0.15, 0.2) is 11.6 Å². The molecule has 2 fully saturated rings. The number of nitrogens with zero attached hydrogens (tertiary/aromatic N) is 7. The Balaban J connectivity index is 1.46. The summed E-state index contributed by atoms with van der Waals surface area (Å²) in [7, 11) is 1.92. The smallest absolute Gasteiger partial charge is 0.162 e. The van der Waals surface area contributed by atoms with Gasteiger partial charge in [-0.3, -0.25) is 4.68 Å². The Bertz CT molecular complexity index is 1310. The fourth-order valence-electron chi connectivity index (χ4n) is 4.50. The summed E-state index contributed by atoms with van der Waals surface area (Å²) in [6.07, 6.45) is 3.88. The number of rotatable bonds is 4. The van der Waals surface area contributed by atoms with Crippen molar-refractivity contribution >= 4 is 22.5 Å². The maximum atomic E-state index is 5.58. The summed E-state index contributed by atoms with van der Waals surface area (Å²) in [5.41, 5.74) is 5.65. The Labute approximate surface area is 198 Å². The van der Waals surface area contributed by atoms with Crippen LogP contribution in [0.2, 0.25) is 0 Å². The molecular weight excluding hydrogens is 430 g/mol. The molecule has 9 heteroatoms. The Hall–Kier alpha value is -3.56. The van der Waals surface area contributed by atoms with Gasteiger partial charge in [-0.1, -0.05) is 18.2 Å². The van der Waals surface area contributed by atoms with Crippen LogP contribution in [0.3, 0.4) is 0 Å². The van der Waals surface area contributed by atoms with Crippen LogP contribution in [0.4, 0.5) is 11.5 Å². The van der Waals surface area contributed by atoms with Crippen LogP contribution in [0, 0.1) is 0 Å². The highest BCUT2D eigenvalue weighted by molar-refractivity contribution is 5.89. The second-order valence-electron chi connectivity index (χ2n) is 8.59. The van der Waals surface area contributed by atoms with Gasteiger partial charge in [0.2, 0.25) is 0 Å². The molecule has 0 aliphatic carbocycles. The molecule has 2 aliphatic heterocycles. The largest absolute Gasteiger partial charge is 0.378 e. The average molecular weight is 458 g/mol. The highest BCUT2D eigenvalue weighted by Gasteiger charge is 2.21. The van der Waals surface area contributed by atoms with Gasteiger partial charge in [0.1, 0.15) is 5.52 Å². The van der Waals surface area contributed by atoms with E-state index in [0.29, 0.717) is 19.0 Å². The molecule has 174 valence electrons. The van der Waals surface area contributed by atoms with Crippen molar-refractivity contribution in [2.24, 2.45) is 7.05 Å². The molecule has 34 heavy (non-hydrogen) atoms. The van der Waals surface area contributed by atoms with Crippen LogP contribution in [0.15, 0.2) is 48.8 Å². The minimum Gasteiger partial charge on any atom is -0.378 e. The number of morpholine rings is 2. The number of aromatic nitrogens is 5. The molecule has 2 saturated heterocycles. The highest BCUT2D eigenvalue weighted by Crippen LogP contribution is 2.31. The van der Waals surface area contributed by atoms with Crippen molar-refractivity contribution in [3.8, 4) is 22.6 Å². The fraction of sp³-hybridized carbons (Fsp3) is 0.360. The lowest BCUT2D eigenvalue weighted by Crippen LogP contribution is -2.37. The van der Waals surface area contributed by atoms with Gasteiger partial charge in [-0.05, 0) is 18.2 Å². The second-order valence-corrected chi connectivity index (χ2v) is 8.59. The van der Waals surface area contributed by atoms with Crippen LogP contribution >= 0.6 is 0 Å². The lowest BCUT2D eigenvalue weighted by molar-refractivity contribution is 0.122. The maximum absolute atomic E-state index is 5.58. The van der Waals surface area contributed by atoms with Crippen molar-refractivity contribution in [3.05, 3.63) is 48.8 Å². The van der Waals surface area contributed by atoms with Gasteiger partial charge in [-0.25, -0.2) is 15.0 Å². The summed E-state index contributed by atoms with van der Waals surface area (Å²) in [4.78, 5) is 19.4. The summed E-state index contributed by atoms with van der Waals surface area (Å²) in [5, 5.41) is 4.55. The summed E-state index contributed by atoms with van der Waals surface area (Å²) in [5.74, 6) is 1.55. The van der Waals surface area contributed by atoms with E-state index in [0.717, 1.165) is 78.8 Å². The summed E-state index contributed by atoms with van der Waals surface area (Å²) in [6.45, 7) is 6.10. The molecule has 4 aromatic rings. The van der Waals surface area contributed by atoms with Gasteiger partial charge >= 0.3 is 0 Å². The quantitative estimate of drug-likeness (QED) is 0.463. The molecule has 0 atom stereocenters. The Morgan fingerprint density at radius 1 is 0.824 bits per heavy atom. The molecule has 0 spiro atoms. The van der Waals surface area contributed by atoms with Crippen LogP contribution in [-0.4, -0.2) is 77.3 Å². The van der Waals surface area contributed by atoms with E-state index in [1.807, 2.05) is 36.3 Å². The first-order valence-corrected chi connectivity index (χ1v) is 11.7. The SMILES string of the molecule is Cn1ccc(-c2cccc(-c3nc(N4CCOCC4)c4ncc(N5CCOCC5)cc4n3)c2)n1. The topological polar surface area (TPSA) is 81.4 Å². The van der Waals surface area contributed by atoms with Gasteiger partial charge in [0.25, 0.3) is 0 Å². The lowest BCUT2D eigenvalue weighted by atomic mass is 10.1. The number of pyridine rings is 1. The van der Waals surface area contributed by atoms with E-state index in [1.54, 1.807) is 0 Å². The molecular formula is C25H27N7O2. The Morgan fingerprint density at radius 2 is 1.56 bits per heavy atom. The summed E-state index contributed by atoms with van der Waals surface area (Å²) in [6, 6.07) is 12.4. The zero-order chi connectivity index (χ0) is 22.9. The molecule has 6 rings (SSSR count). The number of ether oxygens (including phenoxy) is 2. The van der Waals surface area contributed by atoms with Crippen LogP contribution in [0.25, 0.3) is 33.7 Å². The third-order valence-corrected chi connectivity index (χ3v) is 6.32. The minimum absolute atomic E-state index is 0.682. The molecule has 3 aromatic heterocycles. The van der Waals surface area contributed by atoms with Gasteiger partial charge in [0, 0.05) is 50.6 Å². The standard InChI is InChI=1S/C25H27N7O2/c1-30-6-5-21(29-30)18-3-2-4-19(15-18)24-27-22-16-20(31-7-11-33-12-8-31)17-26-23(22)25(28-24)32-9-13-34-14-10-32/h2-6,15-17H,7-14H2,1H3. The van der Waals surface area contributed by atoms with Gasteiger partial charge < -0.3 is 19.3 Å². The van der Waals surface area contributed by atoms with Gasteiger partial charge in [-0.15, -0.1) is 0 Å². The van der Waals surface area contributed by atoms with E-state index >= 15 is 0 Å². The average Bonchev–Trinajstić information content (AvgIpc) is 3.35. The molecule has 1 aromatic carbocycles. The first kappa shape index (κ1) is 21.0. The predicted octanol–water partition coefficient (Wildman–Crippen LogP) is 2.77. The number of hydrogen-bond donors (Lipinski definition) is 0. The monoisotopic (exact) mass is 457 g/mol. The number of anilines is 2. The van der Waals surface area contributed by atoms with Crippen molar-refractivity contribution in [1.29, 1.82) is 0 Å². The van der Waals surface area contributed by atoms with Crippen molar-refractivity contribution in [2.45, 2.75) is 0 Å². The molecule has 2 aliphatic rings. The molecule has 5 heterocycles. The predicted molar refractivity (Wildman–Crippen MR) is 131 cm³/mol. The van der Waals surface area contributed by atoms with Crippen molar-refractivity contribution in [1.82, 2.24) is 24.7 Å². The van der Waals surface area contributed by atoms with Crippen molar-refractivity contribution < 1.29 is 9.47 Å². The van der Waals surface area contributed by atoms with Crippen molar-refractivity contribution in [2.75, 3.05) is 62.4 Å². The van der Waals surface area contributed by atoms with Crippen LogP contribution in [0.5, 0.6) is 0 Å². The van der Waals surface area contributed by atoms with Crippen LogP contribution in [0.1, 0.15) is 0 Å². The molecule has 0 unspecified atom stereocenters. The van der Waals surface area contributed by atoms with Gasteiger partial charge in [0.05, 0.1) is 49.5 Å². The summed E-state index contributed by atoms with van der Waals surface area (Å²) >= 11 is 0. The Morgan fingerprint density at radius 3 is 2.29 bits per heavy atom. The Kier molecular flexibility index (Phi) is 5.56. The zero-order valence-corrected chi connectivity index (χ0v) is 19.2. The number of hydrogen-bond acceptors (Lipinski definition) is 8. The number of fused-ring (bicyclic) bond motifs is 1. The normalized spacial score (nSPS) is 16.9. The zero-order valence-electron chi connectivity index (χ0n) is 19.2. The van der Waals surface area contributed by atoms with Crippen molar-refractivity contribution in [3.63, 3.8) is 0 Å². The fourth-order valence-corrected chi connectivity index (χ4v) is 4.50. The molecule has 0 radical (unpaired) electrons. The van der Waals surface area contributed by atoms with E-state index in [-0.39, 0.29) is 0 Å². The van der Waals surface area contributed by atoms with Gasteiger partial charge in [-0.2, -0.15) is 5.10 Å². The molecule has 0 amide bonds. The first-order valence-electron chi connectivity index (χ1n) is 11.7. The van der Waals surface area contributed by atoms with E-state index < -0.39 is 0 Å². The van der Waals surface area contributed by atoms with E-state index in [9.17, 15) is 0 Å². The molecule has 0 bridgehead atoms.